The minimum absolute atomic E-state index is 0.104. The number of rotatable bonds is 37. The normalized spacial score (nSPS) is 13.0. The number of carbonyl (C=O) groups is 1. The summed E-state index contributed by atoms with van der Waals surface area (Å²) >= 11 is 0. The van der Waals surface area contributed by atoms with Gasteiger partial charge in [0.1, 0.15) is 39.7 Å². The van der Waals surface area contributed by atoms with Crippen LogP contribution in [0.5, 0.6) is 0 Å². The van der Waals surface area contributed by atoms with Crippen LogP contribution in [0.3, 0.4) is 0 Å². The van der Waals surface area contributed by atoms with Gasteiger partial charge in [0.15, 0.2) is 0 Å². The van der Waals surface area contributed by atoms with Crippen molar-refractivity contribution in [2.75, 3.05) is 156 Å². The Labute approximate surface area is 275 Å². The van der Waals surface area contributed by atoms with Crippen LogP contribution in [0.15, 0.2) is 0 Å². The highest BCUT2D eigenvalue weighted by Gasteiger charge is 2.34. The summed E-state index contributed by atoms with van der Waals surface area (Å²) in [6, 6.07) is 0. The summed E-state index contributed by atoms with van der Waals surface area (Å²) < 4.78 is 76.7. The van der Waals surface area contributed by atoms with Crippen molar-refractivity contribution in [3.8, 4) is 0 Å². The second kappa shape index (κ2) is 31.4. The summed E-state index contributed by atoms with van der Waals surface area (Å²) in [4.78, 5) is 12.5. The maximum absolute atomic E-state index is 12.5. The van der Waals surface area contributed by atoms with Crippen molar-refractivity contribution in [3.63, 3.8) is 0 Å². The number of methoxy groups -OCH3 is 6. The molecule has 0 aromatic carbocycles. The van der Waals surface area contributed by atoms with Gasteiger partial charge in [0, 0.05) is 61.8 Å². The SMILES string of the molecule is COCCOCC(COCCCC(CCOCC(COCOC)(COCOC)COCOC)C(C)=O)(COCOC)COCOC. The molecule has 0 radical (unpaired) electrons. The molecule has 0 aliphatic heterocycles. The molecule has 0 aromatic rings. The molecule has 1 unspecified atom stereocenters. The zero-order chi connectivity index (χ0) is 34.2. The monoisotopic (exact) mass is 674 g/mol. The zero-order valence-electron chi connectivity index (χ0n) is 29.3. The first-order chi connectivity index (χ1) is 22.4. The van der Waals surface area contributed by atoms with Gasteiger partial charge in [0.2, 0.25) is 0 Å². The Balaban J connectivity index is 5.05. The fraction of sp³-hybridized carbons (Fsp3) is 0.968. The largest absolute Gasteiger partial charge is 0.382 e. The quantitative estimate of drug-likeness (QED) is 0.0700. The summed E-state index contributed by atoms with van der Waals surface area (Å²) in [5.41, 5.74) is -1.22. The van der Waals surface area contributed by atoms with Gasteiger partial charge in [-0.1, -0.05) is 0 Å². The summed E-state index contributed by atoms with van der Waals surface area (Å²) in [6.45, 7) is 6.31. The maximum Gasteiger partial charge on any atom is 0.146 e. The molecule has 0 amide bonds. The molecule has 0 heterocycles. The van der Waals surface area contributed by atoms with Crippen molar-refractivity contribution in [1.82, 2.24) is 0 Å². The van der Waals surface area contributed by atoms with E-state index in [-0.39, 0.29) is 72.1 Å². The lowest BCUT2D eigenvalue weighted by Crippen LogP contribution is -2.42. The van der Waals surface area contributed by atoms with Gasteiger partial charge in [-0.15, -0.1) is 0 Å². The van der Waals surface area contributed by atoms with E-state index in [9.17, 15) is 4.79 Å². The van der Waals surface area contributed by atoms with Gasteiger partial charge in [-0.25, -0.2) is 0 Å². The number of ketones is 1. The van der Waals surface area contributed by atoms with Crippen LogP contribution < -0.4 is 0 Å². The van der Waals surface area contributed by atoms with Gasteiger partial charge in [0.25, 0.3) is 0 Å². The van der Waals surface area contributed by atoms with Crippen molar-refractivity contribution in [3.05, 3.63) is 0 Å². The van der Waals surface area contributed by atoms with E-state index in [0.717, 1.165) is 0 Å². The Kier molecular flexibility index (Phi) is 30.8. The molecule has 15 nitrogen and oxygen atoms in total. The predicted octanol–water partition coefficient (Wildman–Crippen LogP) is 2.13. The molecule has 0 fully saturated rings. The number of hydrogen-bond acceptors (Lipinski definition) is 15. The van der Waals surface area contributed by atoms with Crippen LogP contribution in [-0.2, 0) is 71.1 Å². The minimum Gasteiger partial charge on any atom is -0.382 e. The molecule has 1 atom stereocenters. The van der Waals surface area contributed by atoms with Crippen molar-refractivity contribution < 1.29 is 71.1 Å². The lowest BCUT2D eigenvalue weighted by Gasteiger charge is -2.33. The molecule has 276 valence electrons. The molecule has 0 saturated carbocycles. The average molecular weight is 675 g/mol. The fourth-order valence-corrected chi connectivity index (χ4v) is 4.42. The molecule has 0 spiro atoms. The van der Waals surface area contributed by atoms with E-state index in [1.165, 1.54) is 0 Å². The molecule has 0 N–H and O–H groups in total. The van der Waals surface area contributed by atoms with Crippen LogP contribution in [0.25, 0.3) is 0 Å². The standard InChI is InChI=1S/C31H62O15/c1-28(32)29(10-12-40-16-31(20-44-25-36-5,21-45-26-37-6)22-46-27-38-7)9-8-11-39-15-30(18-42-23-34-3,19-43-24-35-4)17-41-14-13-33-2/h29H,8-27H2,1-7H3. The summed E-state index contributed by atoms with van der Waals surface area (Å²) in [5, 5.41) is 0. The molecule has 0 aliphatic carbocycles. The van der Waals surface area contributed by atoms with Crippen LogP contribution in [0.1, 0.15) is 26.2 Å². The predicted molar refractivity (Wildman–Crippen MR) is 166 cm³/mol. The van der Waals surface area contributed by atoms with E-state index in [1.54, 1.807) is 49.6 Å². The van der Waals surface area contributed by atoms with Crippen LogP contribution in [0.2, 0.25) is 0 Å². The molecule has 0 aliphatic rings. The minimum atomic E-state index is -0.630. The van der Waals surface area contributed by atoms with Gasteiger partial charge in [0.05, 0.1) is 76.9 Å². The van der Waals surface area contributed by atoms with Gasteiger partial charge in [-0.3, -0.25) is 4.79 Å². The Bertz CT molecular complexity index is 633. The highest BCUT2D eigenvalue weighted by atomic mass is 16.7. The molecule has 46 heavy (non-hydrogen) atoms. The molecular weight excluding hydrogens is 612 g/mol. The topological polar surface area (TPSA) is 146 Å². The van der Waals surface area contributed by atoms with Gasteiger partial charge >= 0.3 is 0 Å². The van der Waals surface area contributed by atoms with Crippen molar-refractivity contribution in [2.24, 2.45) is 16.7 Å². The number of carbonyl (C=O) groups excluding carboxylic acids is 1. The second-order valence-electron chi connectivity index (χ2n) is 11.2. The number of Topliss-reactive ketones (excluding diaryl/α,β-unsaturated/α-hetero) is 1. The highest BCUT2D eigenvalue weighted by Crippen LogP contribution is 2.23. The van der Waals surface area contributed by atoms with E-state index < -0.39 is 10.8 Å². The zero-order valence-corrected chi connectivity index (χ0v) is 29.3. The van der Waals surface area contributed by atoms with E-state index in [2.05, 4.69) is 0 Å². The van der Waals surface area contributed by atoms with Crippen LogP contribution in [-0.4, -0.2) is 162 Å². The summed E-state index contributed by atoms with van der Waals surface area (Å²) in [7, 11) is 9.41. The molecule has 0 bridgehead atoms. The van der Waals surface area contributed by atoms with E-state index in [4.69, 9.17) is 66.3 Å². The first-order valence-electron chi connectivity index (χ1n) is 15.4. The van der Waals surface area contributed by atoms with E-state index in [1.807, 2.05) is 0 Å². The Hall–Kier alpha value is -0.890. The van der Waals surface area contributed by atoms with E-state index in [0.29, 0.717) is 72.1 Å². The van der Waals surface area contributed by atoms with Gasteiger partial charge in [-0.05, 0) is 26.2 Å². The van der Waals surface area contributed by atoms with Crippen LogP contribution in [0.4, 0.5) is 0 Å². The summed E-state index contributed by atoms with van der Waals surface area (Å²) in [6.07, 6.45) is 1.91. The molecular formula is C31H62O15. The second-order valence-corrected chi connectivity index (χ2v) is 11.2. The van der Waals surface area contributed by atoms with Crippen molar-refractivity contribution >= 4 is 5.78 Å². The Morgan fingerprint density at radius 1 is 0.435 bits per heavy atom. The smallest absolute Gasteiger partial charge is 0.146 e. The molecule has 0 rings (SSSR count). The van der Waals surface area contributed by atoms with E-state index >= 15 is 0 Å². The van der Waals surface area contributed by atoms with Crippen molar-refractivity contribution in [2.45, 2.75) is 26.2 Å². The fourth-order valence-electron chi connectivity index (χ4n) is 4.42. The van der Waals surface area contributed by atoms with Gasteiger partial charge < -0.3 is 66.3 Å². The first kappa shape index (κ1) is 45.1. The first-order valence-corrected chi connectivity index (χ1v) is 15.4. The average Bonchev–Trinajstić information content (AvgIpc) is 3.04. The Morgan fingerprint density at radius 3 is 1.13 bits per heavy atom. The molecule has 0 aromatic heterocycles. The highest BCUT2D eigenvalue weighted by molar-refractivity contribution is 5.78. The van der Waals surface area contributed by atoms with Crippen molar-refractivity contribution in [1.29, 1.82) is 0 Å². The van der Waals surface area contributed by atoms with Crippen LogP contribution in [0, 0.1) is 16.7 Å². The summed E-state index contributed by atoms with van der Waals surface area (Å²) in [5.74, 6) is -0.0681. The third kappa shape index (κ3) is 23.4. The third-order valence-corrected chi connectivity index (χ3v) is 6.73. The maximum atomic E-state index is 12.5. The lowest BCUT2D eigenvalue weighted by molar-refractivity contribution is -0.164. The van der Waals surface area contributed by atoms with Crippen LogP contribution >= 0.6 is 0 Å². The molecule has 0 saturated heterocycles. The molecule has 15 heteroatoms. The lowest BCUT2D eigenvalue weighted by atomic mass is 9.92. The third-order valence-electron chi connectivity index (χ3n) is 6.73. The number of hydrogen-bond donors (Lipinski definition) is 0. The number of ether oxygens (including phenoxy) is 14. The Morgan fingerprint density at radius 2 is 0.783 bits per heavy atom. The van der Waals surface area contributed by atoms with Gasteiger partial charge in [-0.2, -0.15) is 0 Å².